The van der Waals surface area contributed by atoms with Gasteiger partial charge in [-0.05, 0) is 20.5 Å². The average molecular weight is 285 g/mol. The molecule has 0 spiro atoms. The zero-order valence-corrected chi connectivity index (χ0v) is 12.9. The second-order valence-electron chi connectivity index (χ2n) is 5.88. The molecule has 0 radical (unpaired) electrons. The molecule has 6 heteroatoms. The van der Waals surface area contributed by atoms with Crippen LogP contribution in [0, 0.1) is 0 Å². The van der Waals surface area contributed by atoms with Crippen molar-refractivity contribution in [1.82, 2.24) is 14.7 Å². The van der Waals surface area contributed by atoms with Gasteiger partial charge in [0.05, 0.1) is 25.9 Å². The highest BCUT2D eigenvalue weighted by molar-refractivity contribution is 5.78. The van der Waals surface area contributed by atoms with E-state index in [0.717, 1.165) is 32.6 Å². The van der Waals surface area contributed by atoms with Gasteiger partial charge in [-0.1, -0.05) is 0 Å². The van der Waals surface area contributed by atoms with Crippen LogP contribution in [0.5, 0.6) is 0 Å². The first kappa shape index (κ1) is 15.7. The Morgan fingerprint density at radius 2 is 2.10 bits per heavy atom. The van der Waals surface area contributed by atoms with Gasteiger partial charge in [0.25, 0.3) is 0 Å². The molecule has 0 N–H and O–H groups in total. The third kappa shape index (κ3) is 4.15. The van der Waals surface area contributed by atoms with Crippen LogP contribution in [0.1, 0.15) is 6.42 Å². The SMILES string of the molecule is CO[C@H]1C[C@@H](CN(C)CC(=O)N2CCOCC2)N(C)C1. The van der Waals surface area contributed by atoms with E-state index in [4.69, 9.17) is 9.47 Å². The zero-order chi connectivity index (χ0) is 14.5. The van der Waals surface area contributed by atoms with E-state index < -0.39 is 0 Å². The molecular formula is C14H27N3O3. The van der Waals surface area contributed by atoms with Crippen LogP contribution in [0.25, 0.3) is 0 Å². The van der Waals surface area contributed by atoms with Crippen LogP contribution >= 0.6 is 0 Å². The Bertz CT molecular complexity index is 321. The molecular weight excluding hydrogens is 258 g/mol. The summed E-state index contributed by atoms with van der Waals surface area (Å²) in [5, 5.41) is 0. The van der Waals surface area contributed by atoms with Gasteiger partial charge in [0.2, 0.25) is 5.91 Å². The number of nitrogens with zero attached hydrogens (tertiary/aromatic N) is 3. The van der Waals surface area contributed by atoms with Gasteiger partial charge in [0.15, 0.2) is 0 Å². The second-order valence-corrected chi connectivity index (χ2v) is 5.88. The van der Waals surface area contributed by atoms with E-state index in [1.54, 1.807) is 7.11 Å². The number of hydrogen-bond donors (Lipinski definition) is 0. The molecule has 0 aromatic carbocycles. The summed E-state index contributed by atoms with van der Waals surface area (Å²) in [6, 6.07) is 0.474. The van der Waals surface area contributed by atoms with Crippen LogP contribution < -0.4 is 0 Å². The Morgan fingerprint density at radius 1 is 1.40 bits per heavy atom. The van der Waals surface area contributed by atoms with E-state index >= 15 is 0 Å². The summed E-state index contributed by atoms with van der Waals surface area (Å²) in [5.74, 6) is 0.208. The first-order chi connectivity index (χ1) is 9.60. The molecule has 0 aromatic rings. The average Bonchev–Trinajstić information content (AvgIpc) is 2.80. The molecule has 116 valence electrons. The van der Waals surface area contributed by atoms with Crippen LogP contribution in [-0.2, 0) is 14.3 Å². The van der Waals surface area contributed by atoms with Crippen LogP contribution in [0.4, 0.5) is 0 Å². The minimum Gasteiger partial charge on any atom is -0.380 e. The Morgan fingerprint density at radius 3 is 2.70 bits per heavy atom. The van der Waals surface area contributed by atoms with Crippen LogP contribution in [0.3, 0.4) is 0 Å². The fourth-order valence-corrected chi connectivity index (χ4v) is 2.98. The van der Waals surface area contributed by atoms with Crippen molar-refractivity contribution in [2.45, 2.75) is 18.6 Å². The fourth-order valence-electron chi connectivity index (χ4n) is 2.98. The highest BCUT2D eigenvalue weighted by Gasteiger charge is 2.30. The smallest absolute Gasteiger partial charge is 0.236 e. The molecule has 2 heterocycles. The van der Waals surface area contributed by atoms with Gasteiger partial charge in [-0.15, -0.1) is 0 Å². The van der Waals surface area contributed by atoms with Gasteiger partial charge in [-0.2, -0.15) is 0 Å². The lowest BCUT2D eigenvalue weighted by Crippen LogP contribution is -2.46. The maximum absolute atomic E-state index is 12.2. The standard InChI is InChI=1S/C14H27N3O3/c1-15(9-12-8-13(19-3)10-16(12)2)11-14(18)17-4-6-20-7-5-17/h12-13H,4-11H2,1-3H3/t12-,13-/m0/s1. The van der Waals surface area contributed by atoms with Crippen molar-refractivity contribution in [2.75, 3.05) is 67.1 Å². The number of likely N-dealkylation sites (N-methyl/N-ethyl adjacent to an activating group) is 2. The van der Waals surface area contributed by atoms with Crippen molar-refractivity contribution < 1.29 is 14.3 Å². The summed E-state index contributed by atoms with van der Waals surface area (Å²) >= 11 is 0. The van der Waals surface area contributed by atoms with E-state index in [-0.39, 0.29) is 5.91 Å². The number of rotatable bonds is 5. The first-order valence-corrected chi connectivity index (χ1v) is 7.37. The van der Waals surface area contributed by atoms with E-state index in [0.29, 0.717) is 31.9 Å². The molecule has 0 aromatic heterocycles. The van der Waals surface area contributed by atoms with Crippen LogP contribution in [-0.4, -0.2) is 99.9 Å². The molecule has 6 nitrogen and oxygen atoms in total. The molecule has 1 amide bonds. The van der Waals surface area contributed by atoms with E-state index in [1.165, 1.54) is 0 Å². The van der Waals surface area contributed by atoms with Gasteiger partial charge in [-0.25, -0.2) is 0 Å². The van der Waals surface area contributed by atoms with Gasteiger partial charge in [0, 0.05) is 39.3 Å². The second kappa shape index (κ2) is 7.36. The molecule has 0 bridgehead atoms. The van der Waals surface area contributed by atoms with E-state index in [9.17, 15) is 4.79 Å². The molecule has 0 aliphatic carbocycles. The lowest BCUT2D eigenvalue weighted by molar-refractivity contribution is -0.136. The van der Waals surface area contributed by atoms with E-state index in [2.05, 4.69) is 16.8 Å². The molecule has 2 saturated heterocycles. The summed E-state index contributed by atoms with van der Waals surface area (Å²) in [6.07, 6.45) is 1.37. The van der Waals surface area contributed by atoms with Crippen molar-refractivity contribution in [3.8, 4) is 0 Å². The number of morpholine rings is 1. The van der Waals surface area contributed by atoms with Gasteiger partial charge < -0.3 is 14.4 Å². The van der Waals surface area contributed by atoms with E-state index in [1.807, 2.05) is 11.9 Å². The molecule has 2 atom stereocenters. The molecule has 2 aliphatic rings. The summed E-state index contributed by atoms with van der Waals surface area (Å²) in [6.45, 7) is 5.15. The number of amides is 1. The number of methoxy groups -OCH3 is 1. The maximum atomic E-state index is 12.2. The van der Waals surface area contributed by atoms with Gasteiger partial charge in [-0.3, -0.25) is 14.6 Å². The predicted octanol–water partition coefficient (Wildman–Crippen LogP) is -0.504. The minimum absolute atomic E-state index is 0.208. The summed E-state index contributed by atoms with van der Waals surface area (Å²) in [5.41, 5.74) is 0. The molecule has 20 heavy (non-hydrogen) atoms. The largest absolute Gasteiger partial charge is 0.380 e. The maximum Gasteiger partial charge on any atom is 0.236 e. The quantitative estimate of drug-likeness (QED) is 0.681. The summed E-state index contributed by atoms with van der Waals surface area (Å²) in [7, 11) is 5.92. The molecule has 0 unspecified atom stereocenters. The highest BCUT2D eigenvalue weighted by Crippen LogP contribution is 2.18. The Hall–Kier alpha value is -0.690. The fraction of sp³-hybridized carbons (Fsp3) is 0.929. The van der Waals surface area contributed by atoms with Crippen molar-refractivity contribution >= 4 is 5.91 Å². The Labute approximate surface area is 121 Å². The summed E-state index contributed by atoms with van der Waals surface area (Å²) < 4.78 is 10.7. The Kier molecular flexibility index (Phi) is 5.77. The number of hydrogen-bond acceptors (Lipinski definition) is 5. The molecule has 2 rings (SSSR count). The third-order valence-electron chi connectivity index (χ3n) is 4.27. The highest BCUT2D eigenvalue weighted by atomic mass is 16.5. The first-order valence-electron chi connectivity index (χ1n) is 7.37. The number of carbonyl (C=O) groups is 1. The van der Waals surface area contributed by atoms with Gasteiger partial charge in [0.1, 0.15) is 0 Å². The summed E-state index contributed by atoms with van der Waals surface area (Å²) in [4.78, 5) is 18.5. The number of carbonyl (C=O) groups excluding carboxylic acids is 1. The van der Waals surface area contributed by atoms with Crippen molar-refractivity contribution in [1.29, 1.82) is 0 Å². The number of ether oxygens (including phenoxy) is 2. The molecule has 0 saturated carbocycles. The minimum atomic E-state index is 0.208. The Balaban J connectivity index is 1.74. The molecule has 2 fully saturated rings. The normalized spacial score (nSPS) is 28.3. The monoisotopic (exact) mass is 285 g/mol. The van der Waals surface area contributed by atoms with Crippen molar-refractivity contribution in [2.24, 2.45) is 0 Å². The lowest BCUT2D eigenvalue weighted by atomic mass is 10.2. The molecule has 2 aliphatic heterocycles. The number of likely N-dealkylation sites (tertiary alicyclic amines) is 1. The lowest BCUT2D eigenvalue weighted by Gasteiger charge is -2.30. The topological polar surface area (TPSA) is 45.3 Å². The van der Waals surface area contributed by atoms with Crippen LogP contribution in [0.2, 0.25) is 0 Å². The third-order valence-corrected chi connectivity index (χ3v) is 4.27. The van der Waals surface area contributed by atoms with Crippen molar-refractivity contribution in [3.05, 3.63) is 0 Å². The van der Waals surface area contributed by atoms with Crippen LogP contribution in [0.15, 0.2) is 0 Å². The predicted molar refractivity (Wildman–Crippen MR) is 76.7 cm³/mol. The van der Waals surface area contributed by atoms with Gasteiger partial charge >= 0.3 is 0 Å². The zero-order valence-electron chi connectivity index (χ0n) is 12.9. The van der Waals surface area contributed by atoms with Crippen molar-refractivity contribution in [3.63, 3.8) is 0 Å².